The van der Waals surface area contributed by atoms with Gasteiger partial charge >= 0.3 is 12.0 Å². The Morgan fingerprint density at radius 2 is 2.00 bits per heavy atom. The minimum absolute atomic E-state index is 0.174. The van der Waals surface area contributed by atoms with Gasteiger partial charge in [-0.15, -0.1) is 0 Å². The van der Waals surface area contributed by atoms with E-state index in [9.17, 15) is 9.59 Å². The second-order valence-electron chi connectivity index (χ2n) is 5.04. The summed E-state index contributed by atoms with van der Waals surface area (Å²) in [4.78, 5) is 22.8. The molecule has 1 rings (SSSR count). The fourth-order valence-corrected chi connectivity index (χ4v) is 2.71. The van der Waals surface area contributed by atoms with Crippen molar-refractivity contribution >= 4 is 23.8 Å². The summed E-state index contributed by atoms with van der Waals surface area (Å²) >= 11 is 1.57. The molecule has 1 fully saturated rings. The fraction of sp³-hybridized carbons (Fsp3) is 0.833. The molecule has 1 unspecified atom stereocenters. The van der Waals surface area contributed by atoms with Crippen LogP contribution < -0.4 is 10.6 Å². The van der Waals surface area contributed by atoms with Gasteiger partial charge in [0.2, 0.25) is 0 Å². The van der Waals surface area contributed by atoms with Crippen LogP contribution in [0.2, 0.25) is 0 Å². The zero-order chi connectivity index (χ0) is 13.6. The molecule has 1 atom stereocenters. The third kappa shape index (κ3) is 4.76. The van der Waals surface area contributed by atoms with Crippen LogP contribution >= 0.6 is 11.8 Å². The first-order valence-corrected chi connectivity index (χ1v) is 7.67. The molecule has 1 aliphatic carbocycles. The quantitative estimate of drug-likeness (QED) is 0.690. The van der Waals surface area contributed by atoms with Gasteiger partial charge < -0.3 is 15.7 Å². The average molecular weight is 274 g/mol. The van der Waals surface area contributed by atoms with Crippen molar-refractivity contribution in [3.63, 3.8) is 0 Å². The van der Waals surface area contributed by atoms with Crippen molar-refractivity contribution in [3.05, 3.63) is 0 Å². The number of carboxylic acid groups (broad SMARTS) is 1. The van der Waals surface area contributed by atoms with Crippen LogP contribution in [-0.4, -0.2) is 40.7 Å². The zero-order valence-corrected chi connectivity index (χ0v) is 11.8. The van der Waals surface area contributed by atoms with Gasteiger partial charge in [0.15, 0.2) is 0 Å². The molecule has 6 heteroatoms. The second kappa shape index (κ2) is 6.87. The number of thioether (sulfide) groups is 1. The van der Waals surface area contributed by atoms with Crippen LogP contribution in [0, 0.1) is 0 Å². The van der Waals surface area contributed by atoms with Gasteiger partial charge in [0.05, 0.1) is 0 Å². The number of urea groups is 1. The number of nitrogens with one attached hydrogen (secondary N) is 2. The third-order valence-electron chi connectivity index (χ3n) is 3.34. The van der Waals surface area contributed by atoms with Crippen molar-refractivity contribution in [1.82, 2.24) is 10.6 Å². The second-order valence-corrected chi connectivity index (χ2v) is 6.02. The lowest BCUT2D eigenvalue weighted by Crippen LogP contribution is -2.53. The van der Waals surface area contributed by atoms with E-state index in [1.165, 1.54) is 0 Å². The smallest absolute Gasteiger partial charge is 0.326 e. The van der Waals surface area contributed by atoms with Crippen LogP contribution in [0.5, 0.6) is 0 Å². The first-order chi connectivity index (χ1) is 8.47. The summed E-state index contributed by atoms with van der Waals surface area (Å²) in [5.74, 6) is -0.259. The molecule has 5 nitrogen and oxygen atoms in total. The van der Waals surface area contributed by atoms with E-state index >= 15 is 0 Å². The van der Waals surface area contributed by atoms with Crippen LogP contribution in [-0.2, 0) is 4.79 Å². The Morgan fingerprint density at radius 3 is 2.50 bits per heavy atom. The maximum absolute atomic E-state index is 11.8. The number of aliphatic carboxylic acids is 1. The molecule has 0 radical (unpaired) electrons. The molecule has 3 N–H and O–H groups in total. The van der Waals surface area contributed by atoms with Gasteiger partial charge in [-0.05, 0) is 38.2 Å². The van der Waals surface area contributed by atoms with E-state index in [0.29, 0.717) is 12.2 Å². The van der Waals surface area contributed by atoms with Gasteiger partial charge in [-0.3, -0.25) is 0 Å². The number of carbonyl (C=O) groups excluding carboxylic acids is 1. The molecule has 0 aromatic rings. The van der Waals surface area contributed by atoms with Crippen LogP contribution in [0.25, 0.3) is 0 Å². The molecule has 104 valence electrons. The molecule has 0 heterocycles. The molecule has 0 bridgehead atoms. The Hall–Kier alpha value is -0.910. The number of amides is 2. The maximum atomic E-state index is 11.8. The van der Waals surface area contributed by atoms with E-state index in [2.05, 4.69) is 10.6 Å². The van der Waals surface area contributed by atoms with Gasteiger partial charge in [0, 0.05) is 5.54 Å². The van der Waals surface area contributed by atoms with Crippen molar-refractivity contribution < 1.29 is 14.7 Å². The van der Waals surface area contributed by atoms with Gasteiger partial charge in [-0.2, -0.15) is 11.8 Å². The van der Waals surface area contributed by atoms with Crippen LogP contribution in [0.4, 0.5) is 4.79 Å². The van der Waals surface area contributed by atoms with E-state index in [0.717, 1.165) is 25.7 Å². The molecule has 1 saturated carbocycles. The Kier molecular flexibility index (Phi) is 5.78. The van der Waals surface area contributed by atoms with E-state index in [1.54, 1.807) is 11.8 Å². The van der Waals surface area contributed by atoms with Gasteiger partial charge in [-0.1, -0.05) is 12.8 Å². The lowest BCUT2D eigenvalue weighted by molar-refractivity contribution is -0.139. The summed E-state index contributed by atoms with van der Waals surface area (Å²) in [5.41, 5.74) is -0.174. The highest BCUT2D eigenvalue weighted by molar-refractivity contribution is 7.98. The Balaban J connectivity index is 2.43. The summed E-state index contributed by atoms with van der Waals surface area (Å²) in [7, 11) is 0. The standard InChI is InChI=1S/C12H22N2O3S/c1-12(6-3-4-7-12)14-11(17)13-9(10(15)16)5-8-18-2/h9H,3-8H2,1-2H3,(H,15,16)(H2,13,14,17). The highest BCUT2D eigenvalue weighted by atomic mass is 32.2. The summed E-state index contributed by atoms with van der Waals surface area (Å²) in [6.45, 7) is 2.01. The molecule has 0 saturated heterocycles. The number of carbonyl (C=O) groups is 2. The molecule has 1 aliphatic rings. The molecule has 0 aromatic heterocycles. The predicted octanol–water partition coefficient (Wildman–Crippen LogP) is 1.82. The van der Waals surface area contributed by atoms with Crippen molar-refractivity contribution in [2.45, 2.75) is 50.6 Å². The molecular weight excluding hydrogens is 252 g/mol. The summed E-state index contributed by atoms with van der Waals surface area (Å²) in [6.07, 6.45) is 6.52. The highest BCUT2D eigenvalue weighted by Gasteiger charge is 2.31. The molecule has 0 aliphatic heterocycles. The van der Waals surface area contributed by atoms with E-state index in [1.807, 2.05) is 13.2 Å². The molecule has 2 amide bonds. The largest absolute Gasteiger partial charge is 0.480 e. The topological polar surface area (TPSA) is 78.4 Å². The van der Waals surface area contributed by atoms with Crippen LogP contribution in [0.15, 0.2) is 0 Å². The van der Waals surface area contributed by atoms with E-state index < -0.39 is 12.0 Å². The minimum Gasteiger partial charge on any atom is -0.480 e. The Bertz CT molecular complexity index is 304. The predicted molar refractivity (Wildman–Crippen MR) is 73.0 cm³/mol. The molecular formula is C12H22N2O3S. The summed E-state index contributed by atoms with van der Waals surface area (Å²) < 4.78 is 0. The van der Waals surface area contributed by atoms with E-state index in [4.69, 9.17) is 5.11 Å². The van der Waals surface area contributed by atoms with Gasteiger partial charge in [0.1, 0.15) is 6.04 Å². The first-order valence-electron chi connectivity index (χ1n) is 6.27. The van der Waals surface area contributed by atoms with E-state index in [-0.39, 0.29) is 11.6 Å². The SMILES string of the molecule is CSCCC(NC(=O)NC1(C)CCCC1)C(=O)O. The maximum Gasteiger partial charge on any atom is 0.326 e. The number of carboxylic acids is 1. The Labute approximate surface area is 112 Å². The fourth-order valence-electron chi connectivity index (χ4n) is 2.24. The normalized spacial score (nSPS) is 19.2. The summed E-state index contributed by atoms with van der Waals surface area (Å²) in [5, 5.41) is 14.5. The minimum atomic E-state index is -0.976. The number of hydrogen-bond donors (Lipinski definition) is 3. The average Bonchev–Trinajstić information content (AvgIpc) is 2.70. The van der Waals surface area contributed by atoms with Gasteiger partial charge in [0.25, 0.3) is 0 Å². The molecule has 0 aromatic carbocycles. The number of rotatable bonds is 6. The van der Waals surface area contributed by atoms with Crippen molar-refractivity contribution in [1.29, 1.82) is 0 Å². The van der Waals surface area contributed by atoms with Crippen LogP contribution in [0.3, 0.4) is 0 Å². The van der Waals surface area contributed by atoms with Crippen molar-refractivity contribution in [3.8, 4) is 0 Å². The van der Waals surface area contributed by atoms with Crippen LogP contribution in [0.1, 0.15) is 39.0 Å². The highest BCUT2D eigenvalue weighted by Crippen LogP contribution is 2.28. The Morgan fingerprint density at radius 1 is 1.39 bits per heavy atom. The first kappa shape index (κ1) is 15.1. The van der Waals surface area contributed by atoms with Crippen molar-refractivity contribution in [2.75, 3.05) is 12.0 Å². The summed E-state index contributed by atoms with van der Waals surface area (Å²) in [6, 6.07) is -1.17. The third-order valence-corrected chi connectivity index (χ3v) is 3.98. The number of hydrogen-bond acceptors (Lipinski definition) is 3. The molecule has 18 heavy (non-hydrogen) atoms. The lowest BCUT2D eigenvalue weighted by atomic mass is 10.0. The lowest BCUT2D eigenvalue weighted by Gasteiger charge is -2.26. The van der Waals surface area contributed by atoms with Crippen molar-refractivity contribution in [2.24, 2.45) is 0 Å². The molecule has 0 spiro atoms. The monoisotopic (exact) mass is 274 g/mol. The van der Waals surface area contributed by atoms with Gasteiger partial charge in [-0.25, -0.2) is 9.59 Å². The zero-order valence-electron chi connectivity index (χ0n) is 11.0.